The molecule has 1 aliphatic heterocycles. The molecule has 0 bridgehead atoms. The second-order valence-corrected chi connectivity index (χ2v) is 6.96. The van der Waals surface area contributed by atoms with Gasteiger partial charge < -0.3 is 14.7 Å². The number of carboxylic acids is 1. The Balaban J connectivity index is 2.25. The number of amides is 1. The highest BCUT2D eigenvalue weighted by molar-refractivity contribution is 5.76. The van der Waals surface area contributed by atoms with Crippen molar-refractivity contribution in [2.45, 2.75) is 39.2 Å². The molecule has 0 spiro atoms. The zero-order valence-corrected chi connectivity index (χ0v) is 13.8. The Bertz CT molecular complexity index is 624. The molecule has 1 aliphatic rings. The molecule has 5 nitrogen and oxygen atoms in total. The van der Waals surface area contributed by atoms with Crippen LogP contribution in [0.2, 0.25) is 0 Å². The summed E-state index contributed by atoms with van der Waals surface area (Å²) in [5, 5.41) is 9.42. The minimum Gasteiger partial charge on any atom is -0.481 e. The van der Waals surface area contributed by atoms with Crippen LogP contribution in [0, 0.1) is 18.7 Å². The lowest BCUT2D eigenvalue weighted by atomic mass is 9.88. The fourth-order valence-corrected chi connectivity index (χ4v) is 2.78. The van der Waals surface area contributed by atoms with E-state index < -0.39 is 35.3 Å². The first-order valence-corrected chi connectivity index (χ1v) is 7.55. The topological polar surface area (TPSA) is 66.8 Å². The molecule has 2 atom stereocenters. The molecule has 23 heavy (non-hydrogen) atoms. The molecule has 0 radical (unpaired) electrons. The van der Waals surface area contributed by atoms with Crippen LogP contribution >= 0.6 is 0 Å². The average Bonchev–Trinajstić information content (AvgIpc) is 2.81. The fraction of sp³-hybridized carbons (Fsp3) is 0.529. The van der Waals surface area contributed by atoms with E-state index in [1.807, 2.05) is 0 Å². The SMILES string of the molecule is Cc1ccc(C2CN(C(=O)OC(C)(C)C)CC2C(=O)O)c(F)c1. The Morgan fingerprint density at radius 3 is 2.48 bits per heavy atom. The van der Waals surface area contributed by atoms with Crippen LogP contribution in [0.3, 0.4) is 0 Å². The number of hydrogen-bond donors (Lipinski definition) is 1. The number of carboxylic acid groups (broad SMARTS) is 1. The maximum Gasteiger partial charge on any atom is 0.410 e. The largest absolute Gasteiger partial charge is 0.481 e. The van der Waals surface area contributed by atoms with Gasteiger partial charge in [-0.05, 0) is 44.9 Å². The molecule has 6 heteroatoms. The number of rotatable bonds is 2. The van der Waals surface area contributed by atoms with Gasteiger partial charge in [0.2, 0.25) is 0 Å². The third-order valence-electron chi connectivity index (χ3n) is 3.84. The summed E-state index contributed by atoms with van der Waals surface area (Å²) in [6, 6.07) is 4.72. The van der Waals surface area contributed by atoms with Gasteiger partial charge in [-0.3, -0.25) is 4.79 Å². The lowest BCUT2D eigenvalue weighted by molar-refractivity contribution is -0.141. The van der Waals surface area contributed by atoms with Crippen molar-refractivity contribution in [2.24, 2.45) is 5.92 Å². The molecule has 1 saturated heterocycles. The van der Waals surface area contributed by atoms with Gasteiger partial charge >= 0.3 is 12.1 Å². The average molecular weight is 323 g/mol. The molecule has 0 aromatic heterocycles. The number of ether oxygens (including phenoxy) is 1. The van der Waals surface area contributed by atoms with E-state index in [9.17, 15) is 19.1 Å². The Kier molecular flexibility index (Phi) is 4.63. The van der Waals surface area contributed by atoms with Crippen molar-refractivity contribution in [1.82, 2.24) is 4.90 Å². The van der Waals surface area contributed by atoms with E-state index in [-0.39, 0.29) is 13.1 Å². The third-order valence-corrected chi connectivity index (χ3v) is 3.84. The third kappa shape index (κ3) is 4.00. The lowest BCUT2D eigenvalue weighted by Gasteiger charge is -2.24. The Hall–Kier alpha value is -2.11. The van der Waals surface area contributed by atoms with Crippen molar-refractivity contribution in [3.8, 4) is 0 Å². The second-order valence-electron chi connectivity index (χ2n) is 6.96. The highest BCUT2D eigenvalue weighted by Crippen LogP contribution is 2.35. The molecular formula is C17H22FNO4. The van der Waals surface area contributed by atoms with Gasteiger partial charge in [-0.25, -0.2) is 9.18 Å². The van der Waals surface area contributed by atoms with Crippen molar-refractivity contribution in [3.05, 3.63) is 35.1 Å². The smallest absolute Gasteiger partial charge is 0.410 e. The van der Waals surface area contributed by atoms with E-state index in [1.165, 1.54) is 11.0 Å². The maximum atomic E-state index is 14.2. The number of likely N-dealkylation sites (tertiary alicyclic amines) is 1. The van der Waals surface area contributed by atoms with Crippen LogP contribution in [0.4, 0.5) is 9.18 Å². The number of carbonyl (C=O) groups excluding carboxylic acids is 1. The summed E-state index contributed by atoms with van der Waals surface area (Å²) in [5.41, 5.74) is 0.428. The van der Waals surface area contributed by atoms with Crippen LogP contribution in [0.15, 0.2) is 18.2 Å². The van der Waals surface area contributed by atoms with Gasteiger partial charge in [0.15, 0.2) is 0 Å². The van der Waals surface area contributed by atoms with E-state index in [4.69, 9.17) is 4.74 Å². The molecule has 1 fully saturated rings. The lowest BCUT2D eigenvalue weighted by Crippen LogP contribution is -2.35. The van der Waals surface area contributed by atoms with Gasteiger partial charge in [0.05, 0.1) is 5.92 Å². The molecule has 2 unspecified atom stereocenters. The predicted molar refractivity (Wildman–Crippen MR) is 82.8 cm³/mol. The van der Waals surface area contributed by atoms with Crippen molar-refractivity contribution in [1.29, 1.82) is 0 Å². The van der Waals surface area contributed by atoms with Crippen molar-refractivity contribution < 1.29 is 23.8 Å². The van der Waals surface area contributed by atoms with Gasteiger partial charge in [-0.1, -0.05) is 12.1 Å². The van der Waals surface area contributed by atoms with E-state index in [2.05, 4.69) is 0 Å². The van der Waals surface area contributed by atoms with Gasteiger partial charge in [0, 0.05) is 19.0 Å². The highest BCUT2D eigenvalue weighted by Gasteiger charge is 2.42. The monoisotopic (exact) mass is 323 g/mol. The minimum atomic E-state index is -1.04. The summed E-state index contributed by atoms with van der Waals surface area (Å²) in [4.78, 5) is 25.0. The second kappa shape index (κ2) is 6.18. The van der Waals surface area contributed by atoms with Crippen LogP contribution in [0.5, 0.6) is 0 Å². The zero-order valence-electron chi connectivity index (χ0n) is 13.8. The van der Waals surface area contributed by atoms with Gasteiger partial charge in [-0.15, -0.1) is 0 Å². The molecular weight excluding hydrogens is 301 g/mol. The molecule has 0 aliphatic carbocycles. The van der Waals surface area contributed by atoms with E-state index in [1.54, 1.807) is 39.8 Å². The molecule has 126 valence electrons. The van der Waals surface area contributed by atoms with Crippen LogP contribution < -0.4 is 0 Å². The van der Waals surface area contributed by atoms with Crippen molar-refractivity contribution in [3.63, 3.8) is 0 Å². The Labute approximate surface area is 135 Å². The van der Waals surface area contributed by atoms with Crippen LogP contribution in [-0.4, -0.2) is 40.8 Å². The van der Waals surface area contributed by atoms with Gasteiger partial charge in [-0.2, -0.15) is 0 Å². The van der Waals surface area contributed by atoms with Crippen molar-refractivity contribution >= 4 is 12.1 Å². The Morgan fingerprint density at radius 1 is 1.30 bits per heavy atom. The number of aryl methyl sites for hydroxylation is 1. The minimum absolute atomic E-state index is 0.0161. The summed E-state index contributed by atoms with van der Waals surface area (Å²) in [7, 11) is 0. The molecule has 1 aromatic rings. The number of aliphatic carboxylic acids is 1. The predicted octanol–water partition coefficient (Wildman–Crippen LogP) is 3.17. The first-order valence-electron chi connectivity index (χ1n) is 7.55. The Morgan fingerprint density at radius 2 is 1.96 bits per heavy atom. The summed E-state index contributed by atoms with van der Waals surface area (Å²) >= 11 is 0. The van der Waals surface area contributed by atoms with Gasteiger partial charge in [0.1, 0.15) is 11.4 Å². The number of halogens is 1. The highest BCUT2D eigenvalue weighted by atomic mass is 19.1. The molecule has 1 N–H and O–H groups in total. The number of carbonyl (C=O) groups is 2. The molecule has 1 amide bonds. The normalized spacial score (nSPS) is 21.3. The number of hydrogen-bond acceptors (Lipinski definition) is 3. The molecule has 0 saturated carbocycles. The standard InChI is InChI=1S/C17H22FNO4/c1-10-5-6-11(14(18)7-10)12-8-19(9-13(12)15(20)21)16(22)23-17(2,3)4/h5-7,12-13H,8-9H2,1-4H3,(H,20,21). The number of benzene rings is 1. The van der Waals surface area contributed by atoms with Gasteiger partial charge in [0.25, 0.3) is 0 Å². The van der Waals surface area contributed by atoms with Crippen molar-refractivity contribution in [2.75, 3.05) is 13.1 Å². The summed E-state index contributed by atoms with van der Waals surface area (Å²) in [5.74, 6) is -2.91. The van der Waals surface area contributed by atoms with Crippen LogP contribution in [0.25, 0.3) is 0 Å². The van der Waals surface area contributed by atoms with E-state index >= 15 is 0 Å². The molecule has 2 rings (SSSR count). The summed E-state index contributed by atoms with van der Waals surface area (Å²) < 4.78 is 19.5. The van der Waals surface area contributed by atoms with E-state index in [0.717, 1.165) is 5.56 Å². The molecule has 1 aromatic carbocycles. The zero-order chi connectivity index (χ0) is 17.4. The summed E-state index contributed by atoms with van der Waals surface area (Å²) in [6.07, 6.45) is -0.571. The van der Waals surface area contributed by atoms with Crippen LogP contribution in [-0.2, 0) is 9.53 Å². The molecule has 1 heterocycles. The van der Waals surface area contributed by atoms with Crippen LogP contribution in [0.1, 0.15) is 37.8 Å². The summed E-state index contributed by atoms with van der Waals surface area (Å²) in [6.45, 7) is 7.14. The van der Waals surface area contributed by atoms with E-state index in [0.29, 0.717) is 5.56 Å². The fourth-order valence-electron chi connectivity index (χ4n) is 2.78. The quantitative estimate of drug-likeness (QED) is 0.908. The first-order chi connectivity index (χ1) is 10.6. The maximum absolute atomic E-state index is 14.2. The first kappa shape index (κ1) is 17.2. The number of nitrogens with zero attached hydrogens (tertiary/aromatic N) is 1.